The molecule has 116 valence electrons. The van der Waals surface area contributed by atoms with Crippen LogP contribution in [0.4, 0.5) is 5.69 Å². The lowest BCUT2D eigenvalue weighted by molar-refractivity contribution is 0.429. The Kier molecular flexibility index (Phi) is 8.26. The summed E-state index contributed by atoms with van der Waals surface area (Å²) < 4.78 is 2.29. The van der Waals surface area contributed by atoms with Crippen LogP contribution in [0.5, 0.6) is 0 Å². The summed E-state index contributed by atoms with van der Waals surface area (Å²) in [6.45, 7) is 12.3. The average Bonchev–Trinajstić information content (AvgIpc) is 2.59. The van der Waals surface area contributed by atoms with E-state index in [2.05, 4.69) is 48.2 Å². The number of hydrogen-bond acceptors (Lipinski definition) is 3. The third-order valence-corrected chi connectivity index (χ3v) is 3.78. The molecule has 1 fully saturated rings. The quantitative estimate of drug-likeness (QED) is 0.736. The second-order valence-corrected chi connectivity index (χ2v) is 5.11. The Labute approximate surface area is 131 Å². The number of nitrogens with zero attached hydrogens (tertiary/aromatic N) is 3. The summed E-state index contributed by atoms with van der Waals surface area (Å²) in [7, 11) is 2.78. The van der Waals surface area contributed by atoms with Gasteiger partial charge in [0.1, 0.15) is 0 Å². The smallest absolute Gasteiger partial charge is 0.0935 e. The largest absolute Gasteiger partial charge is 0.367 e. The minimum absolute atomic E-state index is 1.07. The Morgan fingerprint density at radius 2 is 1.52 bits per heavy atom. The van der Waals surface area contributed by atoms with Gasteiger partial charge in [0.25, 0.3) is 0 Å². The third-order valence-electron chi connectivity index (χ3n) is 3.27. The lowest BCUT2D eigenvalue weighted by Crippen LogP contribution is -2.42. The number of rotatable bonds is 1. The molecule has 0 spiro atoms. The van der Waals surface area contributed by atoms with Gasteiger partial charge >= 0.3 is 0 Å². The van der Waals surface area contributed by atoms with Crippen LogP contribution < -0.4 is 4.90 Å². The Balaban J connectivity index is 0.000000510. The second-order valence-electron chi connectivity index (χ2n) is 4.38. The molecule has 1 unspecified atom stereocenters. The Hall–Kier alpha value is -1.18. The van der Waals surface area contributed by atoms with Crippen molar-refractivity contribution < 1.29 is 0 Å². The molecule has 0 aliphatic carbocycles. The normalized spacial score (nSPS) is 14.8. The zero-order chi connectivity index (χ0) is 15.7. The molecule has 3 rings (SSSR count). The van der Waals surface area contributed by atoms with Gasteiger partial charge in [0.15, 0.2) is 0 Å². The number of piperazine rings is 1. The molecule has 1 aliphatic heterocycles. The van der Waals surface area contributed by atoms with E-state index in [4.69, 9.17) is 0 Å². The van der Waals surface area contributed by atoms with E-state index < -0.39 is 0 Å². The van der Waals surface area contributed by atoms with Gasteiger partial charge in [0.05, 0.1) is 11.2 Å². The highest BCUT2D eigenvalue weighted by atomic mass is 31.0. The molecule has 0 N–H and O–H groups in total. The molecule has 1 aromatic heterocycles. The maximum absolute atomic E-state index is 4.51. The molecule has 0 radical (unpaired) electrons. The molecule has 4 heteroatoms. The van der Waals surface area contributed by atoms with E-state index in [-0.39, 0.29) is 0 Å². The molecular weight excluding hydrogens is 277 g/mol. The molecule has 2 aromatic rings. The van der Waals surface area contributed by atoms with Crippen molar-refractivity contribution in [3.63, 3.8) is 0 Å². The minimum atomic E-state index is 1.07. The van der Waals surface area contributed by atoms with Crippen LogP contribution >= 0.6 is 9.39 Å². The van der Waals surface area contributed by atoms with Gasteiger partial charge in [-0.05, 0) is 12.1 Å². The van der Waals surface area contributed by atoms with Gasteiger partial charge in [-0.1, -0.05) is 55.3 Å². The molecule has 3 nitrogen and oxygen atoms in total. The number of benzene rings is 1. The Bertz CT molecular complexity index is 517. The van der Waals surface area contributed by atoms with Crippen LogP contribution in [-0.2, 0) is 0 Å². The van der Waals surface area contributed by atoms with E-state index in [0.717, 1.165) is 31.7 Å². The van der Waals surface area contributed by atoms with Gasteiger partial charge in [0.2, 0.25) is 0 Å². The minimum Gasteiger partial charge on any atom is -0.367 e. The summed E-state index contributed by atoms with van der Waals surface area (Å²) in [6, 6.07) is 10.5. The van der Waals surface area contributed by atoms with Gasteiger partial charge < -0.3 is 4.90 Å². The van der Waals surface area contributed by atoms with Gasteiger partial charge in [-0.25, -0.2) is 0 Å². The lowest BCUT2D eigenvalue weighted by Gasteiger charge is -2.34. The number of fused-ring (bicyclic) bond motifs is 1. The number of para-hydroxylation sites is 1. The Morgan fingerprint density at radius 3 is 2.19 bits per heavy atom. The predicted molar refractivity (Wildman–Crippen MR) is 97.9 cm³/mol. The number of aromatic nitrogens is 1. The highest BCUT2D eigenvalue weighted by Crippen LogP contribution is 2.25. The summed E-state index contributed by atoms with van der Waals surface area (Å²) in [6.07, 6.45) is 1.87. The van der Waals surface area contributed by atoms with Crippen LogP contribution in [0.2, 0.25) is 0 Å². The van der Waals surface area contributed by atoms with Crippen LogP contribution in [0.15, 0.2) is 36.5 Å². The number of anilines is 1. The standard InChI is InChI=1S/C13H16N3P.2C2H6/c17-16-9-7-15(8-10-16)12-5-1-3-11-4-2-6-14-13(11)12;2*1-2/h1-6H,7-10,17H2;2*1-2H3. The van der Waals surface area contributed by atoms with E-state index >= 15 is 0 Å². The van der Waals surface area contributed by atoms with Crippen LogP contribution in [0.1, 0.15) is 27.7 Å². The first-order chi connectivity index (χ1) is 10.3. The summed E-state index contributed by atoms with van der Waals surface area (Å²) in [5.41, 5.74) is 2.38. The molecule has 0 saturated carbocycles. The van der Waals surface area contributed by atoms with E-state index in [9.17, 15) is 0 Å². The van der Waals surface area contributed by atoms with Crippen molar-refractivity contribution in [3.05, 3.63) is 36.5 Å². The van der Waals surface area contributed by atoms with Crippen LogP contribution in [0.3, 0.4) is 0 Å². The topological polar surface area (TPSA) is 19.4 Å². The van der Waals surface area contributed by atoms with E-state index in [1.165, 1.54) is 11.1 Å². The summed E-state index contributed by atoms with van der Waals surface area (Å²) in [4.78, 5) is 6.94. The molecule has 1 aromatic carbocycles. The summed E-state index contributed by atoms with van der Waals surface area (Å²) >= 11 is 0. The van der Waals surface area contributed by atoms with E-state index in [1.807, 2.05) is 40.0 Å². The zero-order valence-electron chi connectivity index (χ0n) is 13.7. The van der Waals surface area contributed by atoms with Crippen LogP contribution in [0, 0.1) is 0 Å². The molecule has 0 bridgehead atoms. The van der Waals surface area contributed by atoms with Crippen molar-refractivity contribution in [2.75, 3.05) is 31.1 Å². The van der Waals surface area contributed by atoms with Crippen molar-refractivity contribution in [2.45, 2.75) is 27.7 Å². The zero-order valence-corrected chi connectivity index (χ0v) is 14.9. The predicted octanol–water partition coefficient (Wildman–Crippen LogP) is 4.20. The molecule has 1 saturated heterocycles. The SMILES string of the molecule is CC.CC.PN1CCN(c2cccc3cccnc23)CC1. The number of hydrogen-bond donors (Lipinski definition) is 0. The molecule has 1 atom stereocenters. The van der Waals surface area contributed by atoms with Gasteiger partial charge in [-0.15, -0.1) is 0 Å². The monoisotopic (exact) mass is 305 g/mol. The van der Waals surface area contributed by atoms with E-state index in [0.29, 0.717) is 0 Å². The van der Waals surface area contributed by atoms with Crippen molar-refractivity contribution >= 4 is 26.0 Å². The lowest BCUT2D eigenvalue weighted by atomic mass is 10.1. The van der Waals surface area contributed by atoms with Gasteiger partial charge in [-0.3, -0.25) is 9.65 Å². The third kappa shape index (κ3) is 4.66. The first kappa shape index (κ1) is 17.9. The summed E-state index contributed by atoms with van der Waals surface area (Å²) in [5.74, 6) is 0. The maximum Gasteiger partial charge on any atom is 0.0935 e. The van der Waals surface area contributed by atoms with Crippen molar-refractivity contribution in [1.82, 2.24) is 9.65 Å². The second kappa shape index (κ2) is 9.70. The molecule has 1 aliphatic rings. The number of pyridine rings is 1. The Morgan fingerprint density at radius 1 is 0.905 bits per heavy atom. The van der Waals surface area contributed by atoms with Crippen LogP contribution in [0.25, 0.3) is 10.9 Å². The first-order valence-electron chi connectivity index (χ1n) is 7.93. The average molecular weight is 305 g/mol. The highest BCUT2D eigenvalue weighted by Gasteiger charge is 2.16. The highest BCUT2D eigenvalue weighted by molar-refractivity contribution is 7.13. The molecule has 21 heavy (non-hydrogen) atoms. The summed E-state index contributed by atoms with van der Waals surface area (Å²) in [5, 5.41) is 1.22. The van der Waals surface area contributed by atoms with Crippen molar-refractivity contribution in [2.24, 2.45) is 0 Å². The maximum atomic E-state index is 4.51. The molecule has 0 amide bonds. The molecular formula is C17H28N3P. The van der Waals surface area contributed by atoms with Crippen LogP contribution in [-0.4, -0.2) is 35.8 Å². The molecule has 2 heterocycles. The first-order valence-corrected chi connectivity index (χ1v) is 8.44. The van der Waals surface area contributed by atoms with Gasteiger partial charge in [0, 0.05) is 37.8 Å². The van der Waals surface area contributed by atoms with Gasteiger partial charge in [-0.2, -0.15) is 0 Å². The van der Waals surface area contributed by atoms with Crippen molar-refractivity contribution in [1.29, 1.82) is 0 Å². The fourth-order valence-electron chi connectivity index (χ4n) is 2.31. The fourth-order valence-corrected chi connectivity index (χ4v) is 2.54. The van der Waals surface area contributed by atoms with E-state index in [1.54, 1.807) is 0 Å². The fraction of sp³-hybridized carbons (Fsp3) is 0.471. The van der Waals surface area contributed by atoms with Crippen molar-refractivity contribution in [3.8, 4) is 0 Å².